The third-order valence-corrected chi connectivity index (χ3v) is 2.26. The highest BCUT2D eigenvalue weighted by Gasteiger charge is 2.14. The number of rotatable bonds is 3. The van der Waals surface area contributed by atoms with Gasteiger partial charge < -0.3 is 5.11 Å². The van der Waals surface area contributed by atoms with Crippen molar-refractivity contribution < 1.29 is 14.3 Å². The lowest BCUT2D eigenvalue weighted by atomic mass is 10.0. The molecule has 1 unspecified atom stereocenters. The smallest absolute Gasteiger partial charge is 0.306 e. The molecule has 5 heteroatoms. The van der Waals surface area contributed by atoms with Crippen LogP contribution in [0.4, 0.5) is 4.39 Å². The zero-order chi connectivity index (χ0) is 10.7. The van der Waals surface area contributed by atoms with Crippen LogP contribution in [0, 0.1) is 11.9 Å². The van der Waals surface area contributed by atoms with Crippen molar-refractivity contribution >= 4 is 21.9 Å². The molecular weight excluding hydrogens is 253 g/mol. The molecule has 1 N–H and O–H groups in total. The average molecular weight is 262 g/mol. The lowest BCUT2D eigenvalue weighted by Gasteiger charge is -2.06. The molecule has 0 radical (unpaired) electrons. The standard InChI is InChI=1S/C9H9BrFNO2/c1-5(9(13)14)2-6-3-7(10)4-12-8(6)11/h3-5H,2H2,1H3,(H,13,14). The van der Waals surface area contributed by atoms with E-state index in [0.717, 1.165) is 0 Å². The molecule has 1 heterocycles. The van der Waals surface area contributed by atoms with Gasteiger partial charge in [-0.25, -0.2) is 4.98 Å². The summed E-state index contributed by atoms with van der Waals surface area (Å²) in [5, 5.41) is 8.65. The minimum atomic E-state index is -0.940. The Morgan fingerprint density at radius 2 is 2.43 bits per heavy atom. The summed E-state index contributed by atoms with van der Waals surface area (Å²) in [6.45, 7) is 1.53. The Hall–Kier alpha value is -0.970. The minimum absolute atomic E-state index is 0.146. The summed E-state index contributed by atoms with van der Waals surface area (Å²) in [6.07, 6.45) is 1.48. The van der Waals surface area contributed by atoms with Gasteiger partial charge in [0.1, 0.15) is 0 Å². The molecule has 0 fully saturated rings. The van der Waals surface area contributed by atoms with Gasteiger partial charge in [-0.15, -0.1) is 0 Å². The minimum Gasteiger partial charge on any atom is -0.481 e. The van der Waals surface area contributed by atoms with Crippen molar-refractivity contribution in [2.45, 2.75) is 13.3 Å². The molecule has 0 saturated heterocycles. The van der Waals surface area contributed by atoms with Crippen LogP contribution in [0.5, 0.6) is 0 Å². The molecule has 14 heavy (non-hydrogen) atoms. The molecule has 0 aliphatic rings. The van der Waals surface area contributed by atoms with Crippen LogP contribution >= 0.6 is 15.9 Å². The van der Waals surface area contributed by atoms with Gasteiger partial charge in [0, 0.05) is 16.2 Å². The van der Waals surface area contributed by atoms with E-state index in [1.54, 1.807) is 6.07 Å². The first-order valence-electron chi connectivity index (χ1n) is 4.03. The highest BCUT2D eigenvalue weighted by molar-refractivity contribution is 9.10. The van der Waals surface area contributed by atoms with Crippen LogP contribution < -0.4 is 0 Å². The molecule has 76 valence electrons. The van der Waals surface area contributed by atoms with E-state index in [1.807, 2.05) is 0 Å². The first-order chi connectivity index (χ1) is 6.50. The monoisotopic (exact) mass is 261 g/mol. The average Bonchev–Trinajstić information content (AvgIpc) is 2.11. The summed E-state index contributed by atoms with van der Waals surface area (Å²) in [5.41, 5.74) is 0.314. The number of aliphatic carboxylic acids is 1. The molecule has 0 aliphatic heterocycles. The van der Waals surface area contributed by atoms with Crippen molar-refractivity contribution in [3.8, 4) is 0 Å². The molecule has 0 aliphatic carbocycles. The van der Waals surface area contributed by atoms with Crippen molar-refractivity contribution in [2.75, 3.05) is 0 Å². The Morgan fingerprint density at radius 3 is 3.00 bits per heavy atom. The molecule has 0 amide bonds. The van der Waals surface area contributed by atoms with Crippen molar-refractivity contribution in [3.05, 3.63) is 28.2 Å². The second-order valence-corrected chi connectivity index (χ2v) is 3.96. The molecule has 0 aromatic carbocycles. The molecule has 1 aromatic heterocycles. The fraction of sp³-hybridized carbons (Fsp3) is 0.333. The van der Waals surface area contributed by atoms with Gasteiger partial charge in [-0.05, 0) is 28.4 Å². The van der Waals surface area contributed by atoms with Gasteiger partial charge in [-0.1, -0.05) is 6.92 Å². The predicted octanol–water partition coefficient (Wildman–Crippen LogP) is 2.25. The largest absolute Gasteiger partial charge is 0.481 e. The molecule has 1 atom stereocenters. The number of nitrogens with zero attached hydrogens (tertiary/aromatic N) is 1. The van der Waals surface area contributed by atoms with Crippen LogP contribution in [0.2, 0.25) is 0 Å². The number of carbonyl (C=O) groups is 1. The van der Waals surface area contributed by atoms with Crippen LogP contribution in [-0.2, 0) is 11.2 Å². The Bertz CT molecular complexity index is 357. The van der Waals surface area contributed by atoms with Gasteiger partial charge in [0.25, 0.3) is 0 Å². The number of hydrogen-bond acceptors (Lipinski definition) is 2. The Morgan fingerprint density at radius 1 is 1.79 bits per heavy atom. The van der Waals surface area contributed by atoms with Crippen molar-refractivity contribution in [1.29, 1.82) is 0 Å². The van der Waals surface area contributed by atoms with Gasteiger partial charge in [0.2, 0.25) is 5.95 Å². The van der Waals surface area contributed by atoms with Gasteiger partial charge in [-0.2, -0.15) is 4.39 Å². The molecule has 0 bridgehead atoms. The number of hydrogen-bond donors (Lipinski definition) is 1. The highest BCUT2D eigenvalue weighted by atomic mass is 79.9. The normalized spacial score (nSPS) is 12.5. The summed E-state index contributed by atoms with van der Waals surface area (Å²) in [6, 6.07) is 1.54. The van der Waals surface area contributed by atoms with Crippen molar-refractivity contribution in [1.82, 2.24) is 4.98 Å². The molecule has 0 saturated carbocycles. The molecule has 1 aromatic rings. The molecule has 0 spiro atoms. The fourth-order valence-electron chi connectivity index (χ4n) is 1.02. The van der Waals surface area contributed by atoms with E-state index < -0.39 is 17.8 Å². The fourth-order valence-corrected chi connectivity index (χ4v) is 1.40. The van der Waals surface area contributed by atoms with E-state index in [1.165, 1.54) is 13.1 Å². The number of pyridine rings is 1. The van der Waals surface area contributed by atoms with Gasteiger partial charge in [0.05, 0.1) is 5.92 Å². The highest BCUT2D eigenvalue weighted by Crippen LogP contribution is 2.16. The van der Waals surface area contributed by atoms with E-state index in [0.29, 0.717) is 10.0 Å². The summed E-state index contributed by atoms with van der Waals surface area (Å²) >= 11 is 3.15. The van der Waals surface area contributed by atoms with Crippen LogP contribution in [0.1, 0.15) is 12.5 Å². The maximum absolute atomic E-state index is 13.1. The Labute approximate surface area is 89.1 Å². The third-order valence-electron chi connectivity index (χ3n) is 1.83. The number of halogens is 2. The van der Waals surface area contributed by atoms with E-state index >= 15 is 0 Å². The number of aromatic nitrogens is 1. The summed E-state index contributed by atoms with van der Waals surface area (Å²) in [5.74, 6) is -2.16. The summed E-state index contributed by atoms with van der Waals surface area (Å²) in [7, 11) is 0. The van der Waals surface area contributed by atoms with E-state index in [2.05, 4.69) is 20.9 Å². The van der Waals surface area contributed by atoms with Crippen molar-refractivity contribution in [2.24, 2.45) is 5.92 Å². The lowest BCUT2D eigenvalue weighted by Crippen LogP contribution is -2.13. The molecular formula is C9H9BrFNO2. The molecule has 1 rings (SSSR count). The first-order valence-corrected chi connectivity index (χ1v) is 4.82. The van der Waals surface area contributed by atoms with Gasteiger partial charge in [-0.3, -0.25) is 4.79 Å². The van der Waals surface area contributed by atoms with Crippen LogP contribution in [0.15, 0.2) is 16.7 Å². The lowest BCUT2D eigenvalue weighted by molar-refractivity contribution is -0.141. The maximum Gasteiger partial charge on any atom is 0.306 e. The number of carboxylic acid groups (broad SMARTS) is 1. The van der Waals surface area contributed by atoms with Crippen molar-refractivity contribution in [3.63, 3.8) is 0 Å². The van der Waals surface area contributed by atoms with E-state index in [4.69, 9.17) is 5.11 Å². The maximum atomic E-state index is 13.1. The summed E-state index contributed by atoms with van der Waals surface area (Å²) < 4.78 is 13.7. The third kappa shape index (κ3) is 2.77. The van der Waals surface area contributed by atoms with Crippen LogP contribution in [0.25, 0.3) is 0 Å². The topological polar surface area (TPSA) is 50.2 Å². The van der Waals surface area contributed by atoms with Crippen LogP contribution in [-0.4, -0.2) is 16.1 Å². The van der Waals surface area contributed by atoms with Gasteiger partial charge >= 0.3 is 5.97 Å². The van der Waals surface area contributed by atoms with Crippen LogP contribution in [0.3, 0.4) is 0 Å². The van der Waals surface area contributed by atoms with E-state index in [9.17, 15) is 9.18 Å². The zero-order valence-corrected chi connectivity index (χ0v) is 9.08. The number of carboxylic acids is 1. The first kappa shape index (κ1) is 11.1. The second-order valence-electron chi connectivity index (χ2n) is 3.05. The summed E-state index contributed by atoms with van der Waals surface area (Å²) in [4.78, 5) is 14.0. The zero-order valence-electron chi connectivity index (χ0n) is 7.50. The second kappa shape index (κ2) is 4.50. The Balaban J connectivity index is 2.85. The predicted molar refractivity (Wildman–Crippen MR) is 52.4 cm³/mol. The van der Waals surface area contributed by atoms with E-state index in [-0.39, 0.29) is 6.42 Å². The SMILES string of the molecule is CC(Cc1cc(Br)cnc1F)C(=O)O. The Kier molecular flexibility index (Phi) is 3.57. The quantitative estimate of drug-likeness (QED) is 0.850. The molecule has 3 nitrogen and oxygen atoms in total. The van der Waals surface area contributed by atoms with Gasteiger partial charge in [0.15, 0.2) is 0 Å².